The average Bonchev–Trinajstić information content (AvgIpc) is 2.01. The van der Waals surface area contributed by atoms with Gasteiger partial charge in [0.05, 0.1) is 0 Å². The van der Waals surface area contributed by atoms with Crippen LogP contribution in [0.4, 0.5) is 0 Å². The third-order valence-electron chi connectivity index (χ3n) is 0. The molecule has 116 valence electrons. The van der Waals surface area contributed by atoms with Crippen molar-refractivity contribution < 1.29 is 31.1 Å². The van der Waals surface area contributed by atoms with Crippen LogP contribution in [0.1, 0.15) is 52.0 Å². The van der Waals surface area contributed by atoms with Crippen LogP contribution in [-0.4, -0.2) is 27.8 Å². The van der Waals surface area contributed by atoms with Crippen LogP contribution in [0, 0.1) is 9.93 Å². The van der Waals surface area contributed by atoms with Crippen molar-refractivity contribution >= 4 is 9.06 Å². The highest BCUT2D eigenvalue weighted by atomic mass is 31.0. The van der Waals surface area contributed by atoms with Gasteiger partial charge in [-0.3, -0.25) is 25.6 Å². The van der Waals surface area contributed by atoms with E-state index >= 15 is 0 Å². The molecule has 0 spiro atoms. The van der Waals surface area contributed by atoms with Crippen LogP contribution < -0.4 is 0 Å². The summed E-state index contributed by atoms with van der Waals surface area (Å²) < 4.78 is 14.2. The lowest BCUT2D eigenvalue weighted by molar-refractivity contribution is -0.176. The van der Waals surface area contributed by atoms with Gasteiger partial charge in [0.2, 0.25) is 0 Å². The third kappa shape index (κ3) is 8440. The standard InChI is InChI=1S/7CH4.2H2O2.O2.HOP.H2O/c;;;;;;;4*1-2;/h7*1H4;2*1-2H;;2H;1H2/i;;;;;;;;;;2D;. The van der Waals surface area contributed by atoms with E-state index in [1.54, 1.807) is 0 Å². The Kier molecular flexibility index (Phi) is 106000. The van der Waals surface area contributed by atoms with E-state index in [1.165, 1.54) is 0 Å². The molecule has 0 aromatic carbocycles. The van der Waals surface area contributed by atoms with Crippen LogP contribution in [-0.2, 0) is 4.57 Å². The van der Waals surface area contributed by atoms with Crippen molar-refractivity contribution in [3.8, 4) is 0 Å². The molecule has 0 heterocycles. The lowest BCUT2D eigenvalue weighted by Gasteiger charge is -1.25. The molecule has 0 radical (unpaired) electrons. The maximum Gasteiger partial charge on any atom is 0.140 e. The van der Waals surface area contributed by atoms with Crippen LogP contribution in [0.15, 0.2) is 0 Å². The highest BCUT2D eigenvalue weighted by molar-refractivity contribution is 7.00. The Labute approximate surface area is 104 Å². The van der Waals surface area contributed by atoms with E-state index in [4.69, 9.17) is 36.8 Å². The topological polar surface area (TPSA) is 164 Å². The lowest BCUT2D eigenvalue weighted by atomic mass is 12.0. The monoisotopic (exact) mass is 279 g/mol. The molecule has 0 unspecified atom stereocenters. The zero-order valence-corrected chi connectivity index (χ0v) is 4.86. The normalized spacial score (nSPS) is 2.38. The Morgan fingerprint density at radius 3 is 0.688 bits per heavy atom. The summed E-state index contributed by atoms with van der Waals surface area (Å²) in [5, 5.41) is 24.0. The second kappa shape index (κ2) is 10600. The van der Waals surface area contributed by atoms with Gasteiger partial charge in [0.15, 0.2) is 0 Å². The molecule has 0 aliphatic rings. The zero-order chi connectivity index (χ0) is 8.71. The Hall–Kier alpha value is -0.500. The molecule has 0 saturated heterocycles. The first-order valence-electron chi connectivity index (χ1n) is 1.20. The second-order valence-electron chi connectivity index (χ2n) is 0. The molecule has 16 heavy (non-hydrogen) atoms. The van der Waals surface area contributed by atoms with Gasteiger partial charge in [0.25, 0.3) is 0 Å². The molecule has 0 atom stereocenters. The largest absolute Gasteiger partial charge is 0.412 e. The van der Waals surface area contributed by atoms with Crippen LogP contribution in [0.2, 0.25) is 0 Å². The van der Waals surface area contributed by atoms with Gasteiger partial charge in [-0.1, -0.05) is 52.0 Å². The summed E-state index contributed by atoms with van der Waals surface area (Å²) in [5.41, 5.74) is 0. The van der Waals surface area contributed by atoms with Gasteiger partial charge in [-0.25, -0.2) is 0 Å². The van der Waals surface area contributed by atoms with Gasteiger partial charge in [-0.05, 0) is 0 Å². The average molecular weight is 279 g/mol. The third-order valence-corrected chi connectivity index (χ3v) is 0. The molecule has 0 aromatic rings. The fourth-order valence-corrected chi connectivity index (χ4v) is 0. The predicted octanol–water partition coefficient (Wildman–Crippen LogP) is 4.20. The minimum Gasteiger partial charge on any atom is -0.412 e. The lowest BCUT2D eigenvalue weighted by Crippen LogP contribution is -1.29. The van der Waals surface area contributed by atoms with Crippen LogP contribution in [0.3, 0.4) is 0 Å². The second-order valence-corrected chi connectivity index (χ2v) is 0. The predicted molar refractivity (Wildman–Crippen MR) is 77.0 cm³/mol. The molecule has 8 nitrogen and oxygen atoms in total. The molecule has 6 N–H and O–H groups in total. The first kappa shape index (κ1) is 161. The summed E-state index contributed by atoms with van der Waals surface area (Å²) in [6.07, 6.45) is 0. The van der Waals surface area contributed by atoms with Crippen LogP contribution in [0.5, 0.6) is 0 Å². The Morgan fingerprint density at radius 2 is 0.688 bits per heavy atom. The van der Waals surface area contributed by atoms with Gasteiger partial charge in [0.1, 0.15) is 10.3 Å². The van der Waals surface area contributed by atoms with Crippen molar-refractivity contribution in [1.29, 1.82) is 1.28 Å². The number of hydrogen-bond acceptors (Lipinski definition) is 7. The minimum absolute atomic E-state index is 0. The smallest absolute Gasteiger partial charge is 0.140 e. The Morgan fingerprint density at radius 1 is 0.688 bits per heavy atom. The quantitative estimate of drug-likeness (QED) is 0.293. The summed E-state index contributed by atoms with van der Waals surface area (Å²) in [6.45, 7) is 0. The summed E-state index contributed by atoms with van der Waals surface area (Å²) in [4.78, 5) is 14.0. The van der Waals surface area contributed by atoms with E-state index in [9.17, 15) is 0 Å². The molecule has 0 aliphatic heterocycles. The molecule has 0 amide bonds. The first-order chi connectivity index (χ1) is 4.41. The van der Waals surface area contributed by atoms with Gasteiger partial charge in [0, 0.05) is 9.93 Å². The van der Waals surface area contributed by atoms with Gasteiger partial charge >= 0.3 is 0 Å². The number of hydrogen-bond donors (Lipinski definition) is 4. The molecule has 0 rings (SSSR count). The molecular weight excluding hydrogens is 243 g/mol. The number of rotatable bonds is 0. The van der Waals surface area contributed by atoms with Crippen molar-refractivity contribution in [3.63, 3.8) is 0 Å². The zero-order valence-electron chi connectivity index (χ0n) is 4.96. The van der Waals surface area contributed by atoms with Crippen molar-refractivity contribution in [2.45, 2.75) is 52.0 Å². The maximum atomic E-state index is 8.57. The fourth-order valence-electron chi connectivity index (χ4n) is 0. The SMILES string of the molecule is C.C.C.C.C.C.C.O.O=O.OO.OO.[2H]P=O. The molecule has 9 heteroatoms. The van der Waals surface area contributed by atoms with Crippen molar-refractivity contribution in [1.82, 2.24) is 0 Å². The molecule has 0 fully saturated rings. The molecular formula is C7H35O8P. The van der Waals surface area contributed by atoms with E-state index in [0.717, 1.165) is 0 Å². The van der Waals surface area contributed by atoms with Crippen molar-refractivity contribution in [3.05, 3.63) is 9.93 Å². The highest BCUT2D eigenvalue weighted by Gasteiger charge is 0.748. The summed E-state index contributed by atoms with van der Waals surface area (Å²) in [7, 11) is -0.583. The van der Waals surface area contributed by atoms with Gasteiger partial charge < -0.3 is 5.48 Å². The maximum absolute atomic E-state index is 8.57. The van der Waals surface area contributed by atoms with Gasteiger partial charge in [-0.15, -0.1) is 0 Å². The van der Waals surface area contributed by atoms with Gasteiger partial charge in [-0.2, -0.15) is 0 Å². The Bertz CT molecular complexity index is 39.8. The molecule has 0 bridgehead atoms. The fraction of sp³-hybridized carbons (Fsp3) is 1.00. The van der Waals surface area contributed by atoms with Crippen LogP contribution >= 0.6 is 9.06 Å². The molecule has 0 aliphatic carbocycles. The molecule has 0 aromatic heterocycles. The minimum atomic E-state index is -0.583. The Balaban J connectivity index is -0.00000000171. The van der Waals surface area contributed by atoms with E-state index in [1.807, 2.05) is 0 Å². The van der Waals surface area contributed by atoms with Crippen LogP contribution in [0.25, 0.3) is 0 Å². The molecule has 0 saturated carbocycles. The van der Waals surface area contributed by atoms with E-state index < -0.39 is 9.06 Å². The van der Waals surface area contributed by atoms with E-state index in [2.05, 4.69) is 0 Å². The first-order valence-corrected chi connectivity index (χ1v) is 1.11. The van der Waals surface area contributed by atoms with E-state index in [-0.39, 0.29) is 57.5 Å². The van der Waals surface area contributed by atoms with Crippen molar-refractivity contribution in [2.24, 2.45) is 0 Å². The summed E-state index contributed by atoms with van der Waals surface area (Å²) in [5.74, 6) is 0. The van der Waals surface area contributed by atoms with Crippen molar-refractivity contribution in [2.75, 3.05) is 0 Å². The highest BCUT2D eigenvalue weighted by Crippen LogP contribution is 1.23. The summed E-state index contributed by atoms with van der Waals surface area (Å²) >= 11 is 0. The van der Waals surface area contributed by atoms with E-state index in [0.29, 0.717) is 0 Å². The summed E-state index contributed by atoms with van der Waals surface area (Å²) in [6, 6.07) is 0.